The third-order valence-corrected chi connectivity index (χ3v) is 3.27. The number of hydrogen-bond donors (Lipinski definition) is 3. The summed E-state index contributed by atoms with van der Waals surface area (Å²) < 4.78 is 10.1. The molecule has 0 saturated heterocycles. The second kappa shape index (κ2) is 6.26. The SMILES string of the molecule is COc1ccc(C(C)Nc2ccc(OC)c(O)c2)c(O)c1. The maximum Gasteiger partial charge on any atom is 0.160 e. The first kappa shape index (κ1) is 14.8. The average molecular weight is 289 g/mol. The van der Waals surface area contributed by atoms with Crippen molar-refractivity contribution in [3.8, 4) is 23.0 Å². The van der Waals surface area contributed by atoms with Gasteiger partial charge in [0.25, 0.3) is 0 Å². The van der Waals surface area contributed by atoms with Crippen molar-refractivity contribution in [2.45, 2.75) is 13.0 Å². The summed E-state index contributed by atoms with van der Waals surface area (Å²) in [4.78, 5) is 0. The smallest absolute Gasteiger partial charge is 0.160 e. The predicted molar refractivity (Wildman–Crippen MR) is 81.4 cm³/mol. The van der Waals surface area contributed by atoms with Gasteiger partial charge in [-0.1, -0.05) is 0 Å². The van der Waals surface area contributed by atoms with Crippen LogP contribution in [0.2, 0.25) is 0 Å². The molecule has 0 heterocycles. The predicted octanol–water partition coefficient (Wildman–Crippen LogP) is 3.29. The van der Waals surface area contributed by atoms with Gasteiger partial charge in [0, 0.05) is 23.4 Å². The van der Waals surface area contributed by atoms with E-state index in [0.29, 0.717) is 11.5 Å². The molecule has 0 radical (unpaired) electrons. The van der Waals surface area contributed by atoms with Crippen molar-refractivity contribution < 1.29 is 19.7 Å². The van der Waals surface area contributed by atoms with Crippen molar-refractivity contribution in [3.05, 3.63) is 42.0 Å². The maximum atomic E-state index is 10.0. The Kier molecular flexibility index (Phi) is 4.42. The van der Waals surface area contributed by atoms with E-state index in [0.717, 1.165) is 11.3 Å². The molecule has 21 heavy (non-hydrogen) atoms. The molecule has 2 aromatic carbocycles. The van der Waals surface area contributed by atoms with E-state index in [-0.39, 0.29) is 17.5 Å². The lowest BCUT2D eigenvalue weighted by atomic mass is 10.1. The molecule has 5 nitrogen and oxygen atoms in total. The number of rotatable bonds is 5. The molecule has 1 atom stereocenters. The highest BCUT2D eigenvalue weighted by Gasteiger charge is 2.12. The van der Waals surface area contributed by atoms with Crippen molar-refractivity contribution in [2.24, 2.45) is 0 Å². The molecule has 2 aromatic rings. The summed E-state index contributed by atoms with van der Waals surface area (Å²) in [5, 5.41) is 23.0. The molecule has 0 aliphatic heterocycles. The number of methoxy groups -OCH3 is 2. The number of aromatic hydroxyl groups is 2. The Bertz CT molecular complexity index is 628. The van der Waals surface area contributed by atoms with Crippen LogP contribution in [0.15, 0.2) is 36.4 Å². The summed E-state index contributed by atoms with van der Waals surface area (Å²) in [6.45, 7) is 1.92. The van der Waals surface area contributed by atoms with E-state index >= 15 is 0 Å². The van der Waals surface area contributed by atoms with Crippen molar-refractivity contribution >= 4 is 5.69 Å². The van der Waals surface area contributed by atoms with E-state index in [1.807, 2.05) is 6.92 Å². The number of ether oxygens (including phenoxy) is 2. The normalized spacial score (nSPS) is 11.8. The molecule has 112 valence electrons. The van der Waals surface area contributed by atoms with Gasteiger partial charge in [0.2, 0.25) is 0 Å². The molecule has 5 heteroatoms. The van der Waals surface area contributed by atoms with E-state index in [1.165, 1.54) is 7.11 Å². The third-order valence-electron chi connectivity index (χ3n) is 3.27. The molecule has 0 aromatic heterocycles. The fourth-order valence-electron chi connectivity index (χ4n) is 2.12. The first-order valence-electron chi connectivity index (χ1n) is 6.55. The first-order chi connectivity index (χ1) is 10.0. The molecule has 3 N–H and O–H groups in total. The van der Waals surface area contributed by atoms with Gasteiger partial charge in [0.05, 0.1) is 20.3 Å². The van der Waals surface area contributed by atoms with E-state index in [9.17, 15) is 10.2 Å². The number of hydrogen-bond acceptors (Lipinski definition) is 5. The molecule has 0 spiro atoms. The summed E-state index contributed by atoms with van der Waals surface area (Å²) in [6.07, 6.45) is 0. The van der Waals surface area contributed by atoms with Crippen LogP contribution < -0.4 is 14.8 Å². The summed E-state index contributed by atoms with van der Waals surface area (Å²) >= 11 is 0. The number of phenolic OH excluding ortho intramolecular Hbond substituents is 2. The van der Waals surface area contributed by atoms with Gasteiger partial charge < -0.3 is 25.0 Å². The summed E-state index contributed by atoms with van der Waals surface area (Å²) in [7, 11) is 3.05. The number of nitrogens with one attached hydrogen (secondary N) is 1. The van der Waals surface area contributed by atoms with Crippen molar-refractivity contribution in [1.29, 1.82) is 0 Å². The quantitative estimate of drug-likeness (QED) is 0.788. The lowest BCUT2D eigenvalue weighted by Crippen LogP contribution is -2.07. The zero-order chi connectivity index (χ0) is 15.4. The first-order valence-corrected chi connectivity index (χ1v) is 6.55. The molecule has 0 aliphatic carbocycles. The van der Waals surface area contributed by atoms with Crippen LogP contribution in [-0.2, 0) is 0 Å². The molecule has 0 bridgehead atoms. The lowest BCUT2D eigenvalue weighted by molar-refractivity contribution is 0.373. The molecular formula is C16H19NO4. The van der Waals surface area contributed by atoms with E-state index in [1.54, 1.807) is 43.5 Å². The second-order valence-corrected chi connectivity index (χ2v) is 4.68. The summed E-state index contributed by atoms with van der Waals surface area (Å²) in [5.41, 5.74) is 1.47. The fourth-order valence-corrected chi connectivity index (χ4v) is 2.12. The topological polar surface area (TPSA) is 71.0 Å². The molecule has 1 unspecified atom stereocenters. The van der Waals surface area contributed by atoms with Crippen LogP contribution in [-0.4, -0.2) is 24.4 Å². The van der Waals surface area contributed by atoms with Gasteiger partial charge in [-0.15, -0.1) is 0 Å². The van der Waals surface area contributed by atoms with E-state index in [4.69, 9.17) is 9.47 Å². The van der Waals surface area contributed by atoms with Crippen molar-refractivity contribution in [3.63, 3.8) is 0 Å². The van der Waals surface area contributed by atoms with Crippen LogP contribution in [0.5, 0.6) is 23.0 Å². The summed E-state index contributed by atoms with van der Waals surface area (Å²) in [6, 6.07) is 10.1. The maximum absolute atomic E-state index is 10.0. The minimum Gasteiger partial charge on any atom is -0.507 e. The molecule has 0 fully saturated rings. The van der Waals surface area contributed by atoms with E-state index in [2.05, 4.69) is 5.32 Å². The number of benzene rings is 2. The van der Waals surface area contributed by atoms with Gasteiger partial charge in [0.1, 0.15) is 11.5 Å². The van der Waals surface area contributed by atoms with Crippen LogP contribution in [0.4, 0.5) is 5.69 Å². The Morgan fingerprint density at radius 3 is 2.29 bits per heavy atom. The van der Waals surface area contributed by atoms with Crippen LogP contribution in [0.1, 0.15) is 18.5 Å². The van der Waals surface area contributed by atoms with Gasteiger partial charge in [-0.2, -0.15) is 0 Å². The summed E-state index contributed by atoms with van der Waals surface area (Å²) in [5.74, 6) is 1.24. The Hall–Kier alpha value is -2.56. The highest BCUT2D eigenvalue weighted by molar-refractivity contribution is 5.56. The van der Waals surface area contributed by atoms with Gasteiger partial charge in [-0.3, -0.25) is 0 Å². The monoisotopic (exact) mass is 289 g/mol. The lowest BCUT2D eigenvalue weighted by Gasteiger charge is -2.18. The van der Waals surface area contributed by atoms with E-state index < -0.39 is 0 Å². The highest BCUT2D eigenvalue weighted by Crippen LogP contribution is 2.33. The van der Waals surface area contributed by atoms with Crippen LogP contribution in [0.3, 0.4) is 0 Å². The number of phenols is 2. The largest absolute Gasteiger partial charge is 0.507 e. The minimum atomic E-state index is -0.135. The zero-order valence-corrected chi connectivity index (χ0v) is 12.3. The Morgan fingerprint density at radius 1 is 0.952 bits per heavy atom. The van der Waals surface area contributed by atoms with Gasteiger partial charge in [-0.05, 0) is 31.2 Å². The highest BCUT2D eigenvalue weighted by atomic mass is 16.5. The molecule has 2 rings (SSSR count). The van der Waals surface area contributed by atoms with Crippen LogP contribution in [0, 0.1) is 0 Å². The molecule has 0 aliphatic rings. The van der Waals surface area contributed by atoms with Gasteiger partial charge >= 0.3 is 0 Å². The van der Waals surface area contributed by atoms with Crippen molar-refractivity contribution in [1.82, 2.24) is 0 Å². The minimum absolute atomic E-state index is 0.0636. The second-order valence-electron chi connectivity index (χ2n) is 4.68. The van der Waals surface area contributed by atoms with Crippen molar-refractivity contribution in [2.75, 3.05) is 19.5 Å². The Balaban J connectivity index is 2.17. The Morgan fingerprint density at radius 2 is 1.71 bits per heavy atom. The Labute approximate surface area is 123 Å². The third kappa shape index (κ3) is 3.31. The molecular weight excluding hydrogens is 270 g/mol. The fraction of sp³-hybridized carbons (Fsp3) is 0.250. The van der Waals surface area contributed by atoms with Gasteiger partial charge in [-0.25, -0.2) is 0 Å². The van der Waals surface area contributed by atoms with Crippen LogP contribution in [0.25, 0.3) is 0 Å². The molecule has 0 saturated carbocycles. The molecule has 0 amide bonds. The average Bonchev–Trinajstić information content (AvgIpc) is 2.47. The van der Waals surface area contributed by atoms with Gasteiger partial charge in [0.15, 0.2) is 11.5 Å². The van der Waals surface area contributed by atoms with Crippen LogP contribution >= 0.6 is 0 Å². The zero-order valence-electron chi connectivity index (χ0n) is 12.3. The standard InChI is InChI=1S/C16H19NO4/c1-10(13-6-5-12(20-2)9-14(13)18)17-11-4-7-16(21-3)15(19)8-11/h4-10,17-19H,1-3H3. The number of anilines is 1.